The van der Waals surface area contributed by atoms with Crippen molar-refractivity contribution in [1.82, 2.24) is 5.48 Å². The van der Waals surface area contributed by atoms with Crippen molar-refractivity contribution in [2.45, 2.75) is 0 Å². The zero-order valence-electron chi connectivity index (χ0n) is 5.72. The first-order valence-electron chi connectivity index (χ1n) is 2.76. The van der Waals surface area contributed by atoms with Crippen LogP contribution in [0.4, 0.5) is 0 Å². The molecule has 0 aromatic heterocycles. The van der Waals surface area contributed by atoms with Crippen LogP contribution in [0.25, 0.3) is 0 Å². The van der Waals surface area contributed by atoms with Gasteiger partial charge in [-0.1, -0.05) is 0 Å². The molecule has 0 aromatic carbocycles. The van der Waals surface area contributed by atoms with Crippen LogP contribution >= 0.6 is 11.6 Å². The first-order chi connectivity index (χ1) is 4.81. The molecule has 10 heavy (non-hydrogen) atoms. The van der Waals surface area contributed by atoms with E-state index in [0.29, 0.717) is 13.2 Å². The number of carbonyl (C=O) groups excluding carboxylic acids is 1. The molecule has 0 radical (unpaired) electrons. The normalized spacial score (nSPS) is 9.40. The molecule has 0 aliphatic heterocycles. The van der Waals surface area contributed by atoms with Gasteiger partial charge in [-0.15, -0.1) is 11.6 Å². The van der Waals surface area contributed by atoms with Gasteiger partial charge < -0.3 is 4.74 Å². The Kier molecular flexibility index (Phi) is 6.58. The monoisotopic (exact) mass is 167 g/mol. The maximum atomic E-state index is 10.4. The van der Waals surface area contributed by atoms with Crippen LogP contribution in [-0.4, -0.2) is 32.1 Å². The molecule has 0 unspecified atom stereocenters. The first-order valence-corrected chi connectivity index (χ1v) is 3.30. The fourth-order valence-electron chi connectivity index (χ4n) is 0.284. The topological polar surface area (TPSA) is 47.6 Å². The van der Waals surface area contributed by atoms with Gasteiger partial charge >= 0.3 is 0 Å². The van der Waals surface area contributed by atoms with Crippen LogP contribution in [0.1, 0.15) is 0 Å². The van der Waals surface area contributed by atoms with Gasteiger partial charge in [-0.05, 0) is 0 Å². The van der Waals surface area contributed by atoms with Crippen molar-refractivity contribution < 1.29 is 14.4 Å². The van der Waals surface area contributed by atoms with Crippen molar-refractivity contribution in [1.29, 1.82) is 0 Å². The largest absolute Gasteiger partial charge is 0.382 e. The molecule has 0 rings (SSSR count). The number of nitrogens with one attached hydrogen (secondary N) is 1. The van der Waals surface area contributed by atoms with Crippen LogP contribution in [0.5, 0.6) is 0 Å². The smallest absolute Gasteiger partial charge is 0.258 e. The van der Waals surface area contributed by atoms with Gasteiger partial charge in [0.2, 0.25) is 0 Å². The van der Waals surface area contributed by atoms with Gasteiger partial charge in [0, 0.05) is 7.11 Å². The maximum absolute atomic E-state index is 10.4. The Morgan fingerprint density at radius 2 is 2.30 bits per heavy atom. The van der Waals surface area contributed by atoms with E-state index in [-0.39, 0.29) is 11.8 Å². The van der Waals surface area contributed by atoms with E-state index >= 15 is 0 Å². The molecule has 1 amide bonds. The third-order valence-electron chi connectivity index (χ3n) is 0.697. The van der Waals surface area contributed by atoms with Gasteiger partial charge in [-0.2, -0.15) is 0 Å². The lowest BCUT2D eigenvalue weighted by Crippen LogP contribution is -2.26. The van der Waals surface area contributed by atoms with Crippen molar-refractivity contribution in [2.75, 3.05) is 26.2 Å². The molecule has 0 saturated heterocycles. The molecule has 0 bridgehead atoms. The highest BCUT2D eigenvalue weighted by molar-refractivity contribution is 6.27. The van der Waals surface area contributed by atoms with Gasteiger partial charge in [-0.3, -0.25) is 9.63 Å². The molecule has 4 nitrogen and oxygen atoms in total. The number of hydrogen-bond acceptors (Lipinski definition) is 3. The van der Waals surface area contributed by atoms with E-state index in [2.05, 4.69) is 15.1 Å². The summed E-state index contributed by atoms with van der Waals surface area (Å²) in [6.45, 7) is 0.779. The highest BCUT2D eigenvalue weighted by atomic mass is 35.5. The lowest BCUT2D eigenvalue weighted by atomic mass is 10.7. The average Bonchev–Trinajstić information content (AvgIpc) is 1.98. The van der Waals surface area contributed by atoms with Crippen molar-refractivity contribution in [3.8, 4) is 0 Å². The van der Waals surface area contributed by atoms with Crippen molar-refractivity contribution in [3.05, 3.63) is 0 Å². The molecule has 0 spiro atoms. The number of hydrogen-bond donors (Lipinski definition) is 1. The Morgan fingerprint density at radius 3 is 2.80 bits per heavy atom. The fraction of sp³-hybridized carbons (Fsp3) is 0.800. The molecular formula is C5H10ClNO3. The van der Waals surface area contributed by atoms with Crippen LogP contribution in [-0.2, 0) is 14.4 Å². The van der Waals surface area contributed by atoms with Crippen LogP contribution < -0.4 is 5.48 Å². The second-order valence-electron chi connectivity index (χ2n) is 1.50. The Hall–Kier alpha value is -0.320. The van der Waals surface area contributed by atoms with Crippen molar-refractivity contribution >= 4 is 17.5 Å². The third-order valence-corrected chi connectivity index (χ3v) is 0.940. The summed E-state index contributed by atoms with van der Waals surface area (Å²) in [4.78, 5) is 15.0. The van der Waals surface area contributed by atoms with E-state index in [1.807, 2.05) is 0 Å². The minimum Gasteiger partial charge on any atom is -0.382 e. The fourth-order valence-corrected chi connectivity index (χ4v) is 0.338. The predicted molar refractivity (Wildman–Crippen MR) is 36.7 cm³/mol. The van der Waals surface area contributed by atoms with E-state index in [4.69, 9.17) is 11.6 Å². The van der Waals surface area contributed by atoms with Crippen molar-refractivity contribution in [2.24, 2.45) is 0 Å². The van der Waals surface area contributed by atoms with E-state index in [1.54, 1.807) is 7.11 Å². The molecule has 0 aliphatic rings. The molecule has 0 aromatic rings. The summed E-state index contributed by atoms with van der Waals surface area (Å²) in [5.41, 5.74) is 2.12. The van der Waals surface area contributed by atoms with Crippen LogP contribution in [0.3, 0.4) is 0 Å². The number of amides is 1. The Labute approximate surface area is 64.4 Å². The molecule has 0 heterocycles. The van der Waals surface area contributed by atoms with Gasteiger partial charge in [0.05, 0.1) is 13.2 Å². The SMILES string of the molecule is COCCONC(=O)CCl. The van der Waals surface area contributed by atoms with Crippen LogP contribution in [0.2, 0.25) is 0 Å². The zero-order valence-corrected chi connectivity index (χ0v) is 6.48. The molecule has 1 N–H and O–H groups in total. The van der Waals surface area contributed by atoms with E-state index in [1.165, 1.54) is 0 Å². The van der Waals surface area contributed by atoms with Gasteiger partial charge in [0.25, 0.3) is 5.91 Å². The third kappa shape index (κ3) is 5.81. The number of methoxy groups -OCH3 is 1. The highest BCUT2D eigenvalue weighted by Gasteiger charge is 1.95. The Morgan fingerprint density at radius 1 is 1.60 bits per heavy atom. The molecule has 0 atom stereocenters. The number of carbonyl (C=O) groups is 1. The summed E-state index contributed by atoms with van der Waals surface area (Å²) in [5.74, 6) is -0.440. The van der Waals surface area contributed by atoms with E-state index < -0.39 is 0 Å². The number of ether oxygens (including phenoxy) is 1. The van der Waals surface area contributed by atoms with Crippen LogP contribution in [0.15, 0.2) is 0 Å². The summed E-state index contributed by atoms with van der Waals surface area (Å²) in [6, 6.07) is 0. The number of alkyl halides is 1. The second-order valence-corrected chi connectivity index (χ2v) is 1.77. The molecule has 60 valence electrons. The number of hydroxylamine groups is 1. The molecule has 0 fully saturated rings. The van der Waals surface area contributed by atoms with Gasteiger partial charge in [0.1, 0.15) is 5.88 Å². The summed E-state index contributed by atoms with van der Waals surface area (Å²) in [7, 11) is 1.55. The summed E-state index contributed by atoms with van der Waals surface area (Å²) < 4.78 is 4.65. The van der Waals surface area contributed by atoms with Crippen LogP contribution in [0, 0.1) is 0 Å². The summed E-state index contributed by atoms with van der Waals surface area (Å²) >= 11 is 5.14. The minimum atomic E-state index is -0.349. The predicted octanol–water partition coefficient (Wildman–Crippen LogP) is -0.0806. The highest BCUT2D eigenvalue weighted by Crippen LogP contribution is 1.75. The van der Waals surface area contributed by atoms with E-state index in [9.17, 15) is 4.79 Å². The molecule has 5 heteroatoms. The minimum absolute atomic E-state index is 0.0903. The molecule has 0 saturated carbocycles. The quantitative estimate of drug-likeness (QED) is 0.354. The average molecular weight is 168 g/mol. The Balaban J connectivity index is 2.96. The lowest BCUT2D eigenvalue weighted by molar-refractivity contribution is -0.131. The maximum Gasteiger partial charge on any atom is 0.258 e. The van der Waals surface area contributed by atoms with E-state index in [0.717, 1.165) is 0 Å². The zero-order chi connectivity index (χ0) is 7.82. The van der Waals surface area contributed by atoms with Gasteiger partial charge in [0.15, 0.2) is 0 Å². The second kappa shape index (κ2) is 6.80. The first kappa shape index (κ1) is 9.68. The van der Waals surface area contributed by atoms with Crippen molar-refractivity contribution in [3.63, 3.8) is 0 Å². The standard InChI is InChI=1S/C5H10ClNO3/c1-9-2-3-10-7-5(8)4-6/h2-4H2,1H3,(H,7,8). The number of halogens is 1. The van der Waals surface area contributed by atoms with Gasteiger partial charge in [-0.25, -0.2) is 5.48 Å². The summed E-state index contributed by atoms with van der Waals surface area (Å²) in [6.07, 6.45) is 0. The lowest BCUT2D eigenvalue weighted by Gasteiger charge is -2.01. The Bertz CT molecular complexity index is 98.9. The molecular weight excluding hydrogens is 158 g/mol. The number of rotatable bonds is 5. The molecule has 0 aliphatic carbocycles. The summed E-state index contributed by atoms with van der Waals surface area (Å²) in [5, 5.41) is 0.